The summed E-state index contributed by atoms with van der Waals surface area (Å²) in [7, 11) is 3.19. The zero-order chi connectivity index (χ0) is 25.5. The van der Waals surface area contributed by atoms with Gasteiger partial charge in [-0.25, -0.2) is 0 Å². The van der Waals surface area contributed by atoms with Crippen LogP contribution < -0.4 is 19.5 Å². The van der Waals surface area contributed by atoms with Crippen molar-refractivity contribution >= 4 is 5.91 Å². The van der Waals surface area contributed by atoms with E-state index in [1.165, 1.54) is 0 Å². The second-order valence-corrected chi connectivity index (χ2v) is 8.86. The van der Waals surface area contributed by atoms with Crippen molar-refractivity contribution in [1.29, 1.82) is 0 Å². The van der Waals surface area contributed by atoms with Gasteiger partial charge in [-0.1, -0.05) is 17.3 Å². The zero-order valence-electron chi connectivity index (χ0n) is 21.3. The number of carbonyl (C=O) groups excluding carboxylic acids is 1. The number of aromatic nitrogens is 2. The number of benzene rings is 2. The van der Waals surface area contributed by atoms with Gasteiger partial charge in [-0.15, -0.1) is 0 Å². The highest BCUT2D eigenvalue weighted by Crippen LogP contribution is 2.31. The first-order valence-electron chi connectivity index (χ1n) is 12.3. The molecule has 0 bridgehead atoms. The number of carbonyl (C=O) groups is 1. The number of amides is 1. The van der Waals surface area contributed by atoms with E-state index in [4.69, 9.17) is 18.7 Å². The first-order chi connectivity index (χ1) is 17.5. The van der Waals surface area contributed by atoms with Crippen LogP contribution in [0.5, 0.6) is 17.2 Å². The van der Waals surface area contributed by atoms with Crippen LogP contribution in [-0.4, -0.2) is 54.9 Å². The first-order valence-corrected chi connectivity index (χ1v) is 12.3. The molecule has 0 saturated carbocycles. The standard InChI is InChI=1S/C27H34N4O5/c1-5-35-22-9-6-19(7-10-22)18(2)28-27(32)20-12-14-31(15-13-20)17-25-29-26(30-36-25)21-8-11-23(33-3)24(16-21)34-4/h6-11,16,18,20H,5,12-15,17H2,1-4H3,(H,28,32). The number of piperidine rings is 1. The molecule has 4 rings (SSSR count). The molecular weight excluding hydrogens is 460 g/mol. The Bertz CT molecular complexity index is 1140. The van der Waals surface area contributed by atoms with Gasteiger partial charge in [0, 0.05) is 11.5 Å². The Labute approximate surface area is 211 Å². The van der Waals surface area contributed by atoms with Gasteiger partial charge in [-0.05, 0) is 75.7 Å². The van der Waals surface area contributed by atoms with Crippen molar-refractivity contribution in [1.82, 2.24) is 20.4 Å². The van der Waals surface area contributed by atoms with Crippen LogP contribution in [0.1, 0.15) is 44.2 Å². The molecule has 1 N–H and O–H groups in total. The Balaban J connectivity index is 1.27. The lowest BCUT2D eigenvalue weighted by Gasteiger charge is -2.30. The van der Waals surface area contributed by atoms with E-state index in [0.717, 1.165) is 42.8 Å². The number of nitrogens with zero attached hydrogens (tertiary/aromatic N) is 3. The average molecular weight is 495 g/mol. The van der Waals surface area contributed by atoms with Gasteiger partial charge in [0.2, 0.25) is 17.6 Å². The number of ether oxygens (including phenoxy) is 3. The van der Waals surface area contributed by atoms with Gasteiger partial charge >= 0.3 is 0 Å². The van der Waals surface area contributed by atoms with Gasteiger partial charge in [-0.2, -0.15) is 4.98 Å². The minimum Gasteiger partial charge on any atom is -0.494 e. The average Bonchev–Trinajstić information content (AvgIpc) is 3.37. The van der Waals surface area contributed by atoms with Crippen molar-refractivity contribution in [3.05, 3.63) is 53.9 Å². The number of hydrogen-bond donors (Lipinski definition) is 1. The fourth-order valence-corrected chi connectivity index (χ4v) is 4.39. The van der Waals surface area contributed by atoms with Gasteiger partial charge in [-0.3, -0.25) is 9.69 Å². The summed E-state index contributed by atoms with van der Waals surface area (Å²) in [5.74, 6) is 3.24. The molecule has 1 aliphatic heterocycles. The molecule has 36 heavy (non-hydrogen) atoms. The van der Waals surface area contributed by atoms with E-state index in [1.807, 2.05) is 56.3 Å². The summed E-state index contributed by atoms with van der Waals surface area (Å²) in [6.45, 7) is 6.75. The maximum Gasteiger partial charge on any atom is 0.241 e. The van der Waals surface area contributed by atoms with Crippen LogP contribution in [0.4, 0.5) is 0 Å². The molecule has 0 radical (unpaired) electrons. The number of nitrogens with one attached hydrogen (secondary N) is 1. The number of likely N-dealkylation sites (tertiary alicyclic amines) is 1. The topological polar surface area (TPSA) is 99.0 Å². The second-order valence-electron chi connectivity index (χ2n) is 8.86. The molecule has 1 atom stereocenters. The molecule has 2 aromatic carbocycles. The van der Waals surface area contributed by atoms with Crippen LogP contribution in [0.3, 0.4) is 0 Å². The molecule has 1 aromatic heterocycles. The van der Waals surface area contributed by atoms with Gasteiger partial charge in [0.05, 0.1) is 33.4 Å². The summed E-state index contributed by atoms with van der Waals surface area (Å²) in [5, 5.41) is 7.28. The molecule has 1 saturated heterocycles. The molecular formula is C27H34N4O5. The molecule has 1 aliphatic rings. The first kappa shape index (κ1) is 25.5. The largest absolute Gasteiger partial charge is 0.494 e. The van der Waals surface area contributed by atoms with Crippen LogP contribution >= 0.6 is 0 Å². The highest BCUT2D eigenvalue weighted by Gasteiger charge is 2.27. The summed E-state index contributed by atoms with van der Waals surface area (Å²) >= 11 is 0. The van der Waals surface area contributed by atoms with E-state index >= 15 is 0 Å². The van der Waals surface area contributed by atoms with Crippen molar-refractivity contribution in [2.24, 2.45) is 5.92 Å². The fraction of sp³-hybridized carbons (Fsp3) is 0.444. The summed E-state index contributed by atoms with van der Waals surface area (Å²) in [6, 6.07) is 13.3. The van der Waals surface area contributed by atoms with Crippen LogP contribution in [-0.2, 0) is 11.3 Å². The second kappa shape index (κ2) is 11.9. The van der Waals surface area contributed by atoms with Crippen LogP contribution in [0.15, 0.2) is 47.0 Å². The Hall–Kier alpha value is -3.59. The van der Waals surface area contributed by atoms with Gasteiger partial charge < -0.3 is 24.1 Å². The normalized spacial score (nSPS) is 15.3. The third kappa shape index (κ3) is 6.15. The van der Waals surface area contributed by atoms with E-state index in [2.05, 4.69) is 20.4 Å². The smallest absolute Gasteiger partial charge is 0.241 e. The summed E-state index contributed by atoms with van der Waals surface area (Å²) < 4.78 is 21.6. The predicted molar refractivity (Wildman–Crippen MR) is 135 cm³/mol. The van der Waals surface area contributed by atoms with Crippen LogP contribution in [0, 0.1) is 5.92 Å². The fourth-order valence-electron chi connectivity index (χ4n) is 4.39. The van der Waals surface area contributed by atoms with Gasteiger partial charge in [0.25, 0.3) is 0 Å². The molecule has 3 aromatic rings. The van der Waals surface area contributed by atoms with Gasteiger partial charge in [0.15, 0.2) is 11.5 Å². The van der Waals surface area contributed by atoms with Crippen LogP contribution in [0.25, 0.3) is 11.4 Å². The van der Waals surface area contributed by atoms with E-state index in [1.54, 1.807) is 14.2 Å². The summed E-state index contributed by atoms with van der Waals surface area (Å²) in [5.41, 5.74) is 1.85. The van der Waals surface area contributed by atoms with E-state index in [-0.39, 0.29) is 17.9 Å². The summed E-state index contributed by atoms with van der Waals surface area (Å²) in [4.78, 5) is 19.6. The lowest BCUT2D eigenvalue weighted by Crippen LogP contribution is -2.40. The van der Waals surface area contributed by atoms with Crippen molar-refractivity contribution < 1.29 is 23.5 Å². The Morgan fingerprint density at radius 1 is 1.11 bits per heavy atom. The Kier molecular flexibility index (Phi) is 8.43. The molecule has 192 valence electrons. The van der Waals surface area contributed by atoms with Crippen molar-refractivity contribution in [2.45, 2.75) is 39.3 Å². The van der Waals surface area contributed by atoms with Crippen molar-refractivity contribution in [3.8, 4) is 28.6 Å². The quantitative estimate of drug-likeness (QED) is 0.447. The maximum absolute atomic E-state index is 12.9. The lowest BCUT2D eigenvalue weighted by molar-refractivity contribution is -0.127. The highest BCUT2D eigenvalue weighted by atomic mass is 16.5. The predicted octanol–water partition coefficient (Wildman–Crippen LogP) is 4.24. The van der Waals surface area contributed by atoms with Crippen molar-refractivity contribution in [3.63, 3.8) is 0 Å². The van der Waals surface area contributed by atoms with Crippen molar-refractivity contribution in [2.75, 3.05) is 33.9 Å². The molecule has 1 amide bonds. The Morgan fingerprint density at radius 2 is 1.83 bits per heavy atom. The third-order valence-electron chi connectivity index (χ3n) is 6.48. The molecule has 1 fully saturated rings. The number of methoxy groups -OCH3 is 2. The third-order valence-corrected chi connectivity index (χ3v) is 6.48. The molecule has 2 heterocycles. The minimum absolute atomic E-state index is 0.00333. The van der Waals surface area contributed by atoms with E-state index in [0.29, 0.717) is 36.4 Å². The van der Waals surface area contributed by atoms with Crippen LogP contribution in [0.2, 0.25) is 0 Å². The number of rotatable bonds is 10. The maximum atomic E-state index is 12.9. The van der Waals surface area contributed by atoms with E-state index < -0.39 is 0 Å². The van der Waals surface area contributed by atoms with E-state index in [9.17, 15) is 4.79 Å². The molecule has 9 nitrogen and oxygen atoms in total. The molecule has 0 spiro atoms. The lowest BCUT2D eigenvalue weighted by atomic mass is 9.95. The monoisotopic (exact) mass is 494 g/mol. The zero-order valence-corrected chi connectivity index (χ0v) is 21.3. The molecule has 1 unspecified atom stereocenters. The molecule has 0 aliphatic carbocycles. The minimum atomic E-state index is -0.0559. The highest BCUT2D eigenvalue weighted by molar-refractivity contribution is 5.79. The molecule has 9 heteroatoms. The Morgan fingerprint density at radius 3 is 2.50 bits per heavy atom. The van der Waals surface area contributed by atoms with Gasteiger partial charge in [0.1, 0.15) is 5.75 Å². The SMILES string of the molecule is CCOc1ccc(C(C)NC(=O)C2CCN(Cc3nc(-c4ccc(OC)c(OC)c4)no3)CC2)cc1. The number of hydrogen-bond acceptors (Lipinski definition) is 8. The summed E-state index contributed by atoms with van der Waals surface area (Å²) in [6.07, 6.45) is 1.58.